The highest BCUT2D eigenvalue weighted by atomic mass is 32.2. The van der Waals surface area contributed by atoms with Crippen LogP contribution in [0.3, 0.4) is 0 Å². The first-order valence-corrected chi connectivity index (χ1v) is 7.25. The van der Waals surface area contributed by atoms with Gasteiger partial charge in [0.05, 0.1) is 0 Å². The van der Waals surface area contributed by atoms with Crippen molar-refractivity contribution in [2.24, 2.45) is 0 Å². The van der Waals surface area contributed by atoms with Crippen molar-refractivity contribution in [1.29, 1.82) is 0 Å². The molecule has 0 spiro atoms. The second kappa shape index (κ2) is 6.48. The van der Waals surface area contributed by atoms with Crippen LogP contribution in [0.1, 0.15) is 30.3 Å². The molecule has 2 N–H and O–H groups in total. The zero-order valence-corrected chi connectivity index (χ0v) is 11.6. The summed E-state index contributed by atoms with van der Waals surface area (Å²) in [5, 5.41) is 8.78. The maximum atomic E-state index is 11.9. The molecule has 7 nitrogen and oxygen atoms in total. The van der Waals surface area contributed by atoms with Crippen molar-refractivity contribution < 1.29 is 18.3 Å². The van der Waals surface area contributed by atoms with Crippen LogP contribution in [-0.2, 0) is 10.2 Å². The predicted molar refractivity (Wildman–Crippen MR) is 71.3 cm³/mol. The van der Waals surface area contributed by atoms with E-state index in [0.717, 1.165) is 12.8 Å². The van der Waals surface area contributed by atoms with E-state index >= 15 is 0 Å². The third kappa shape index (κ3) is 4.49. The molecule has 0 aromatic carbocycles. The van der Waals surface area contributed by atoms with Gasteiger partial charge in [0.25, 0.3) is 0 Å². The first kappa shape index (κ1) is 15.4. The summed E-state index contributed by atoms with van der Waals surface area (Å²) in [5.41, 5.74) is -0.212. The monoisotopic (exact) mass is 287 g/mol. The Kier molecular flexibility index (Phi) is 5.25. The number of anilines is 1. The second-order valence-corrected chi connectivity index (χ2v) is 5.77. The van der Waals surface area contributed by atoms with E-state index in [0.29, 0.717) is 6.54 Å². The predicted octanol–water partition coefficient (Wildman–Crippen LogP) is 1.17. The maximum Gasteiger partial charge on any atom is 0.354 e. The normalized spacial score (nSPS) is 11.5. The molecule has 0 aliphatic carbocycles. The number of rotatable bonds is 7. The molecule has 1 aromatic heterocycles. The van der Waals surface area contributed by atoms with Crippen LogP contribution in [0, 0.1) is 0 Å². The minimum Gasteiger partial charge on any atom is -0.477 e. The number of nitrogens with one attached hydrogen (secondary N) is 1. The van der Waals surface area contributed by atoms with Crippen molar-refractivity contribution in [3.05, 3.63) is 23.9 Å². The third-order valence-electron chi connectivity index (χ3n) is 2.44. The molecule has 0 radical (unpaired) electrons. The van der Waals surface area contributed by atoms with Gasteiger partial charge in [0.1, 0.15) is 5.82 Å². The van der Waals surface area contributed by atoms with Gasteiger partial charge in [-0.3, -0.25) is 4.72 Å². The smallest absolute Gasteiger partial charge is 0.354 e. The Morgan fingerprint density at radius 3 is 2.74 bits per heavy atom. The van der Waals surface area contributed by atoms with Gasteiger partial charge in [0.2, 0.25) is 0 Å². The molecule has 19 heavy (non-hydrogen) atoms. The zero-order chi connectivity index (χ0) is 14.5. The molecule has 0 amide bonds. The highest BCUT2D eigenvalue weighted by Crippen LogP contribution is 2.09. The van der Waals surface area contributed by atoms with E-state index in [9.17, 15) is 13.2 Å². The molecule has 106 valence electrons. The molecule has 0 aliphatic rings. The number of hydrogen-bond donors (Lipinski definition) is 2. The SMILES string of the molecule is CCCCN(C)S(=O)(=O)Nc1cccc(C(=O)O)n1. The van der Waals surface area contributed by atoms with Crippen molar-refractivity contribution >= 4 is 22.0 Å². The van der Waals surface area contributed by atoms with Gasteiger partial charge in [0, 0.05) is 13.6 Å². The largest absolute Gasteiger partial charge is 0.477 e. The number of hydrogen-bond acceptors (Lipinski definition) is 4. The molecule has 1 aromatic rings. The minimum atomic E-state index is -3.70. The fraction of sp³-hybridized carbons (Fsp3) is 0.455. The van der Waals surface area contributed by atoms with Crippen LogP contribution in [0.25, 0.3) is 0 Å². The molecule has 0 saturated carbocycles. The Hall–Kier alpha value is -1.67. The number of carboxylic acids is 1. The lowest BCUT2D eigenvalue weighted by Crippen LogP contribution is -2.33. The first-order valence-electron chi connectivity index (χ1n) is 5.81. The fourth-order valence-electron chi connectivity index (χ4n) is 1.32. The molecule has 0 saturated heterocycles. The molecule has 1 rings (SSSR count). The summed E-state index contributed by atoms with van der Waals surface area (Å²) in [5.74, 6) is -1.22. The van der Waals surface area contributed by atoms with Crippen molar-refractivity contribution in [3.63, 3.8) is 0 Å². The summed E-state index contributed by atoms with van der Waals surface area (Å²) < 4.78 is 27.2. The van der Waals surface area contributed by atoms with E-state index < -0.39 is 16.2 Å². The zero-order valence-electron chi connectivity index (χ0n) is 10.8. The van der Waals surface area contributed by atoms with E-state index in [1.165, 1.54) is 29.6 Å². The van der Waals surface area contributed by atoms with Crippen molar-refractivity contribution in [1.82, 2.24) is 9.29 Å². The number of pyridine rings is 1. The van der Waals surface area contributed by atoms with E-state index in [-0.39, 0.29) is 11.5 Å². The number of aromatic carboxylic acids is 1. The van der Waals surface area contributed by atoms with Crippen LogP contribution in [-0.4, -0.2) is 42.4 Å². The molecule has 1 heterocycles. The molecular formula is C11H17N3O4S. The topological polar surface area (TPSA) is 99.6 Å². The minimum absolute atomic E-state index is 0.0109. The lowest BCUT2D eigenvalue weighted by Gasteiger charge is -2.17. The van der Waals surface area contributed by atoms with Crippen LogP contribution in [0.5, 0.6) is 0 Å². The van der Waals surface area contributed by atoms with Gasteiger partial charge in [0.15, 0.2) is 5.69 Å². The summed E-state index contributed by atoms with van der Waals surface area (Å²) in [6, 6.07) is 4.12. The number of carbonyl (C=O) groups is 1. The standard InChI is InChI=1S/C11H17N3O4S/c1-3-4-8-14(2)19(17,18)13-10-7-5-6-9(12-10)11(15)16/h5-7H,3-4,8H2,1-2H3,(H,12,13)(H,15,16). The van der Waals surface area contributed by atoms with Crippen molar-refractivity contribution in [2.75, 3.05) is 18.3 Å². The van der Waals surface area contributed by atoms with Gasteiger partial charge in [-0.25, -0.2) is 9.78 Å². The average Bonchev–Trinajstić information content (AvgIpc) is 2.35. The molecule has 0 atom stereocenters. The van der Waals surface area contributed by atoms with Gasteiger partial charge in [-0.15, -0.1) is 0 Å². The third-order valence-corrected chi connectivity index (χ3v) is 3.91. The molecule has 0 fully saturated rings. The van der Waals surface area contributed by atoms with E-state index in [1.807, 2.05) is 6.92 Å². The lowest BCUT2D eigenvalue weighted by atomic mass is 10.3. The lowest BCUT2D eigenvalue weighted by molar-refractivity contribution is 0.0690. The quantitative estimate of drug-likeness (QED) is 0.784. The first-order chi connectivity index (χ1) is 8.86. The Balaban J connectivity index is 2.83. The molecular weight excluding hydrogens is 270 g/mol. The molecule has 8 heteroatoms. The summed E-state index contributed by atoms with van der Waals surface area (Å²) >= 11 is 0. The van der Waals surface area contributed by atoms with Gasteiger partial charge >= 0.3 is 16.2 Å². The van der Waals surface area contributed by atoms with Crippen LogP contribution in [0.4, 0.5) is 5.82 Å². The van der Waals surface area contributed by atoms with Crippen LogP contribution in [0.15, 0.2) is 18.2 Å². The number of carboxylic acid groups (broad SMARTS) is 1. The molecule has 0 unspecified atom stereocenters. The van der Waals surface area contributed by atoms with Crippen LogP contribution >= 0.6 is 0 Å². The van der Waals surface area contributed by atoms with Gasteiger partial charge in [-0.1, -0.05) is 19.4 Å². The van der Waals surface area contributed by atoms with Crippen LogP contribution < -0.4 is 4.72 Å². The highest BCUT2D eigenvalue weighted by Gasteiger charge is 2.18. The Morgan fingerprint density at radius 2 is 2.16 bits per heavy atom. The van der Waals surface area contributed by atoms with Gasteiger partial charge < -0.3 is 5.11 Å². The Bertz CT molecular complexity index is 545. The van der Waals surface area contributed by atoms with Crippen molar-refractivity contribution in [2.45, 2.75) is 19.8 Å². The van der Waals surface area contributed by atoms with E-state index in [1.54, 1.807) is 0 Å². The molecule has 0 bridgehead atoms. The number of unbranched alkanes of at least 4 members (excludes halogenated alkanes) is 1. The summed E-state index contributed by atoms with van der Waals surface area (Å²) in [4.78, 5) is 14.4. The number of nitrogens with zero attached hydrogens (tertiary/aromatic N) is 2. The summed E-state index contributed by atoms with van der Waals surface area (Å²) in [6.45, 7) is 2.36. The number of aromatic nitrogens is 1. The Labute approximate surface area is 112 Å². The van der Waals surface area contributed by atoms with Crippen LogP contribution in [0.2, 0.25) is 0 Å². The van der Waals surface area contributed by atoms with E-state index in [2.05, 4.69) is 9.71 Å². The van der Waals surface area contributed by atoms with E-state index in [4.69, 9.17) is 5.11 Å². The van der Waals surface area contributed by atoms with Crippen molar-refractivity contribution in [3.8, 4) is 0 Å². The fourth-order valence-corrected chi connectivity index (χ4v) is 2.22. The summed E-state index contributed by atoms with van der Waals surface area (Å²) in [7, 11) is -2.24. The molecule has 0 aliphatic heterocycles. The Morgan fingerprint density at radius 1 is 1.47 bits per heavy atom. The van der Waals surface area contributed by atoms with Gasteiger partial charge in [-0.05, 0) is 18.6 Å². The average molecular weight is 287 g/mol. The maximum absolute atomic E-state index is 11.9. The second-order valence-electron chi connectivity index (χ2n) is 4.00. The van der Waals surface area contributed by atoms with Gasteiger partial charge in [-0.2, -0.15) is 12.7 Å². The summed E-state index contributed by atoms with van der Waals surface area (Å²) in [6.07, 6.45) is 1.63. The highest BCUT2D eigenvalue weighted by molar-refractivity contribution is 7.90.